The number of hydrogen-bond donors (Lipinski definition) is 1. The fraction of sp³-hybridized carbons (Fsp3) is 0.517. The predicted molar refractivity (Wildman–Crippen MR) is 138 cm³/mol. The van der Waals surface area contributed by atoms with Gasteiger partial charge in [-0.1, -0.05) is 55.5 Å². The van der Waals surface area contributed by atoms with E-state index in [1.54, 1.807) is 0 Å². The summed E-state index contributed by atoms with van der Waals surface area (Å²) in [5.74, 6) is 0.189. The van der Waals surface area contributed by atoms with Gasteiger partial charge in [0.05, 0.1) is 6.54 Å². The minimum Gasteiger partial charge on any atom is -0.381 e. The maximum atomic E-state index is 13.1. The van der Waals surface area contributed by atoms with Crippen LogP contribution in [0.4, 0.5) is 0 Å². The average Bonchev–Trinajstić information content (AvgIpc) is 2.93. The van der Waals surface area contributed by atoms with Crippen LogP contribution in [0.25, 0.3) is 0 Å². The van der Waals surface area contributed by atoms with E-state index >= 15 is 0 Å². The van der Waals surface area contributed by atoms with Crippen molar-refractivity contribution in [2.24, 2.45) is 0 Å². The summed E-state index contributed by atoms with van der Waals surface area (Å²) in [5.41, 5.74) is 1.97. The number of likely N-dealkylation sites (tertiary alicyclic amines) is 1. The van der Waals surface area contributed by atoms with Crippen LogP contribution in [0, 0.1) is 0 Å². The molecule has 35 heavy (non-hydrogen) atoms. The third kappa shape index (κ3) is 6.50. The lowest BCUT2D eigenvalue weighted by molar-refractivity contribution is -0.123. The van der Waals surface area contributed by atoms with E-state index in [-0.39, 0.29) is 17.2 Å². The summed E-state index contributed by atoms with van der Waals surface area (Å²) >= 11 is 0. The molecular formula is C29H39N3O3. The van der Waals surface area contributed by atoms with Crippen LogP contribution in [0.2, 0.25) is 0 Å². The van der Waals surface area contributed by atoms with Gasteiger partial charge in [0.2, 0.25) is 5.91 Å². The second kappa shape index (κ2) is 12.3. The lowest BCUT2D eigenvalue weighted by atomic mass is 9.74. The van der Waals surface area contributed by atoms with Crippen LogP contribution < -0.4 is 5.32 Å². The van der Waals surface area contributed by atoms with Crippen molar-refractivity contribution in [3.8, 4) is 0 Å². The number of rotatable bonds is 9. The van der Waals surface area contributed by atoms with Crippen LogP contribution in [0.15, 0.2) is 60.7 Å². The summed E-state index contributed by atoms with van der Waals surface area (Å²) in [6.45, 7) is 7.03. The van der Waals surface area contributed by atoms with Crippen LogP contribution in [0.5, 0.6) is 0 Å². The van der Waals surface area contributed by atoms with E-state index in [9.17, 15) is 9.59 Å². The normalized spacial score (nSPS) is 18.4. The molecule has 0 unspecified atom stereocenters. The highest BCUT2D eigenvalue weighted by atomic mass is 16.5. The highest BCUT2D eigenvalue weighted by Crippen LogP contribution is 2.34. The Labute approximate surface area is 209 Å². The van der Waals surface area contributed by atoms with Gasteiger partial charge in [-0.05, 0) is 56.3 Å². The van der Waals surface area contributed by atoms with Crippen molar-refractivity contribution in [3.05, 3.63) is 71.8 Å². The summed E-state index contributed by atoms with van der Waals surface area (Å²) in [5, 5.41) is 3.27. The molecule has 2 aliphatic rings. The smallest absolute Gasteiger partial charge is 0.253 e. The first-order valence-corrected chi connectivity index (χ1v) is 13.1. The quantitative estimate of drug-likeness (QED) is 0.596. The van der Waals surface area contributed by atoms with Crippen molar-refractivity contribution in [2.75, 3.05) is 45.9 Å². The summed E-state index contributed by atoms with van der Waals surface area (Å²) in [4.78, 5) is 30.2. The van der Waals surface area contributed by atoms with Crippen LogP contribution in [-0.2, 0) is 14.9 Å². The largest absolute Gasteiger partial charge is 0.381 e. The van der Waals surface area contributed by atoms with Gasteiger partial charge in [-0.25, -0.2) is 0 Å². The number of hydrogen-bond acceptors (Lipinski definition) is 4. The predicted octanol–water partition coefficient (Wildman–Crippen LogP) is 3.87. The molecular weight excluding hydrogens is 438 g/mol. The summed E-state index contributed by atoms with van der Waals surface area (Å²) in [7, 11) is 0. The third-order valence-corrected chi connectivity index (χ3v) is 7.61. The molecule has 0 aromatic heterocycles. The second-order valence-electron chi connectivity index (χ2n) is 9.90. The molecule has 6 nitrogen and oxygen atoms in total. The van der Waals surface area contributed by atoms with Crippen molar-refractivity contribution < 1.29 is 14.3 Å². The molecule has 4 rings (SSSR count). The molecule has 2 fully saturated rings. The minimum absolute atomic E-state index is 0.0616. The Morgan fingerprint density at radius 1 is 1.00 bits per heavy atom. The number of carbonyl (C=O) groups is 2. The van der Waals surface area contributed by atoms with E-state index in [1.807, 2.05) is 41.3 Å². The molecule has 1 N–H and O–H groups in total. The van der Waals surface area contributed by atoms with Crippen LogP contribution in [0.3, 0.4) is 0 Å². The van der Waals surface area contributed by atoms with Gasteiger partial charge in [-0.15, -0.1) is 0 Å². The van der Waals surface area contributed by atoms with Gasteiger partial charge in [0.25, 0.3) is 5.91 Å². The van der Waals surface area contributed by atoms with Crippen LogP contribution in [0.1, 0.15) is 54.9 Å². The van der Waals surface area contributed by atoms with Crippen molar-refractivity contribution in [3.63, 3.8) is 0 Å². The topological polar surface area (TPSA) is 61.9 Å². The molecule has 0 spiro atoms. The molecule has 2 saturated heterocycles. The summed E-state index contributed by atoms with van der Waals surface area (Å²) < 4.78 is 5.63. The highest BCUT2D eigenvalue weighted by Gasteiger charge is 2.35. The van der Waals surface area contributed by atoms with Gasteiger partial charge < -0.3 is 15.0 Å². The van der Waals surface area contributed by atoms with E-state index < -0.39 is 0 Å². The SMILES string of the molecule is CCCN(CC(=O)NCC1(c2ccccc2)CCOCC1)C1CCN(C(=O)c2ccccc2)CC1. The number of nitrogens with one attached hydrogen (secondary N) is 1. The van der Waals surface area contributed by atoms with Crippen molar-refractivity contribution in [2.45, 2.75) is 50.5 Å². The average molecular weight is 478 g/mol. The van der Waals surface area contributed by atoms with E-state index in [2.05, 4.69) is 41.4 Å². The maximum Gasteiger partial charge on any atom is 0.253 e. The van der Waals surface area contributed by atoms with Gasteiger partial charge in [0, 0.05) is 49.9 Å². The van der Waals surface area contributed by atoms with E-state index in [1.165, 1.54) is 5.56 Å². The van der Waals surface area contributed by atoms with Crippen molar-refractivity contribution in [1.82, 2.24) is 15.1 Å². The van der Waals surface area contributed by atoms with Crippen molar-refractivity contribution in [1.29, 1.82) is 0 Å². The van der Waals surface area contributed by atoms with Crippen LogP contribution >= 0.6 is 0 Å². The first-order chi connectivity index (χ1) is 17.1. The second-order valence-corrected chi connectivity index (χ2v) is 9.90. The zero-order chi connectivity index (χ0) is 24.5. The summed E-state index contributed by atoms with van der Waals surface area (Å²) in [6.07, 6.45) is 4.64. The highest BCUT2D eigenvalue weighted by molar-refractivity contribution is 5.94. The fourth-order valence-electron chi connectivity index (χ4n) is 5.50. The number of benzene rings is 2. The van der Waals surface area contributed by atoms with Gasteiger partial charge >= 0.3 is 0 Å². The molecule has 2 aliphatic heterocycles. The Hall–Kier alpha value is -2.70. The zero-order valence-corrected chi connectivity index (χ0v) is 21.0. The Morgan fingerprint density at radius 2 is 1.63 bits per heavy atom. The Morgan fingerprint density at radius 3 is 2.26 bits per heavy atom. The van der Waals surface area contributed by atoms with Gasteiger partial charge in [-0.2, -0.15) is 0 Å². The third-order valence-electron chi connectivity index (χ3n) is 7.61. The number of nitrogens with zero attached hydrogens (tertiary/aromatic N) is 2. The molecule has 6 heteroatoms. The van der Waals surface area contributed by atoms with Gasteiger partial charge in [-0.3, -0.25) is 14.5 Å². The molecule has 0 atom stereocenters. The lowest BCUT2D eigenvalue weighted by Gasteiger charge is -2.39. The first kappa shape index (κ1) is 25.4. The van der Waals surface area contributed by atoms with Crippen LogP contribution in [-0.4, -0.2) is 73.6 Å². The molecule has 2 amide bonds. The standard InChI is InChI=1S/C29H39N3O3/c1-2-17-32(26-13-18-31(19-14-26)28(34)24-9-5-3-6-10-24)22-27(33)30-23-29(15-20-35-21-16-29)25-11-7-4-8-12-25/h3-12,26H,2,13-23H2,1H3,(H,30,33). The Bertz CT molecular complexity index is 936. The first-order valence-electron chi connectivity index (χ1n) is 13.1. The molecule has 0 bridgehead atoms. The maximum absolute atomic E-state index is 13.1. The number of ether oxygens (including phenoxy) is 1. The molecule has 0 aliphatic carbocycles. The van der Waals surface area contributed by atoms with Gasteiger partial charge in [0.1, 0.15) is 0 Å². The minimum atomic E-state index is -0.0616. The van der Waals surface area contributed by atoms with Gasteiger partial charge in [0.15, 0.2) is 0 Å². The molecule has 188 valence electrons. The molecule has 0 radical (unpaired) electrons. The monoisotopic (exact) mass is 477 g/mol. The lowest BCUT2D eigenvalue weighted by Crippen LogP contribution is -2.51. The van der Waals surface area contributed by atoms with E-state index in [0.29, 0.717) is 19.1 Å². The Balaban J connectivity index is 1.32. The summed E-state index contributed by atoms with van der Waals surface area (Å²) in [6, 6.07) is 20.4. The van der Waals surface area contributed by atoms with E-state index in [4.69, 9.17) is 4.74 Å². The molecule has 0 saturated carbocycles. The number of carbonyl (C=O) groups excluding carboxylic acids is 2. The van der Waals surface area contributed by atoms with E-state index in [0.717, 1.165) is 70.5 Å². The molecule has 2 heterocycles. The fourth-order valence-corrected chi connectivity index (χ4v) is 5.50. The Kier molecular flexibility index (Phi) is 8.94. The molecule has 2 aromatic rings. The number of amides is 2. The zero-order valence-electron chi connectivity index (χ0n) is 21.0. The number of piperidine rings is 1. The molecule has 2 aromatic carbocycles. The van der Waals surface area contributed by atoms with Crippen molar-refractivity contribution >= 4 is 11.8 Å².